The van der Waals surface area contributed by atoms with Crippen molar-refractivity contribution >= 4 is 5.97 Å². The molecule has 0 saturated heterocycles. The standard InChI is InChI=1S/C15H23NO3/c1-2-3-9-19-15(18)11-16-14(12-17)10-13-7-5-4-6-8-13/h4-8,14,16-17H,2-3,9-12H2,1H3. The molecule has 0 aromatic heterocycles. The van der Waals surface area contributed by atoms with Crippen LogP contribution in [0.3, 0.4) is 0 Å². The van der Waals surface area contributed by atoms with Crippen molar-refractivity contribution in [1.29, 1.82) is 0 Å². The highest BCUT2D eigenvalue weighted by atomic mass is 16.5. The lowest BCUT2D eigenvalue weighted by molar-refractivity contribution is -0.142. The van der Waals surface area contributed by atoms with Crippen molar-refractivity contribution in [2.75, 3.05) is 19.8 Å². The Labute approximate surface area is 114 Å². The number of aliphatic hydroxyl groups is 1. The first-order valence-electron chi connectivity index (χ1n) is 6.80. The average Bonchev–Trinajstić information content (AvgIpc) is 2.45. The summed E-state index contributed by atoms with van der Waals surface area (Å²) < 4.78 is 5.04. The first-order chi connectivity index (χ1) is 9.26. The second-order valence-corrected chi connectivity index (χ2v) is 4.52. The molecule has 0 heterocycles. The van der Waals surface area contributed by atoms with Crippen LogP contribution in [0.2, 0.25) is 0 Å². The maximum Gasteiger partial charge on any atom is 0.319 e. The fraction of sp³-hybridized carbons (Fsp3) is 0.533. The van der Waals surface area contributed by atoms with Gasteiger partial charge in [-0.1, -0.05) is 43.7 Å². The van der Waals surface area contributed by atoms with E-state index in [1.807, 2.05) is 37.3 Å². The highest BCUT2D eigenvalue weighted by molar-refractivity contribution is 5.71. The van der Waals surface area contributed by atoms with E-state index in [4.69, 9.17) is 4.74 Å². The van der Waals surface area contributed by atoms with Crippen LogP contribution in [0.5, 0.6) is 0 Å². The number of carbonyl (C=O) groups excluding carboxylic acids is 1. The lowest BCUT2D eigenvalue weighted by Crippen LogP contribution is -2.38. The first kappa shape index (κ1) is 15.7. The summed E-state index contributed by atoms with van der Waals surface area (Å²) in [4.78, 5) is 11.4. The number of aliphatic hydroxyl groups excluding tert-OH is 1. The van der Waals surface area contributed by atoms with Gasteiger partial charge in [0.25, 0.3) is 0 Å². The summed E-state index contributed by atoms with van der Waals surface area (Å²) in [5, 5.41) is 12.3. The highest BCUT2D eigenvalue weighted by Gasteiger charge is 2.10. The molecule has 0 aliphatic rings. The molecule has 0 aliphatic heterocycles. The van der Waals surface area contributed by atoms with Gasteiger partial charge in [-0.15, -0.1) is 0 Å². The van der Waals surface area contributed by atoms with Gasteiger partial charge in [0.2, 0.25) is 0 Å². The molecule has 1 aromatic rings. The minimum atomic E-state index is -0.264. The van der Waals surface area contributed by atoms with Crippen LogP contribution in [0.1, 0.15) is 25.3 Å². The Bertz CT molecular complexity index is 354. The molecule has 0 fully saturated rings. The van der Waals surface area contributed by atoms with E-state index in [9.17, 15) is 9.90 Å². The monoisotopic (exact) mass is 265 g/mol. The summed E-state index contributed by atoms with van der Waals surface area (Å²) in [5.41, 5.74) is 1.13. The van der Waals surface area contributed by atoms with E-state index >= 15 is 0 Å². The number of hydrogen-bond donors (Lipinski definition) is 2. The molecular formula is C15H23NO3. The van der Waals surface area contributed by atoms with Gasteiger partial charge in [0.1, 0.15) is 0 Å². The summed E-state index contributed by atoms with van der Waals surface area (Å²) >= 11 is 0. The lowest BCUT2D eigenvalue weighted by Gasteiger charge is -2.15. The number of esters is 1. The molecule has 1 aromatic carbocycles. The Morgan fingerprint density at radius 2 is 2.11 bits per heavy atom. The second kappa shape index (κ2) is 9.53. The van der Waals surface area contributed by atoms with Crippen LogP contribution in [-0.4, -0.2) is 36.9 Å². The van der Waals surface area contributed by atoms with Crippen LogP contribution < -0.4 is 5.32 Å². The van der Waals surface area contributed by atoms with Gasteiger partial charge in [-0.2, -0.15) is 0 Å². The highest BCUT2D eigenvalue weighted by Crippen LogP contribution is 2.02. The zero-order valence-electron chi connectivity index (χ0n) is 11.5. The molecule has 0 bridgehead atoms. The zero-order valence-corrected chi connectivity index (χ0v) is 11.5. The van der Waals surface area contributed by atoms with E-state index in [-0.39, 0.29) is 25.2 Å². The number of carbonyl (C=O) groups is 1. The van der Waals surface area contributed by atoms with Crippen molar-refractivity contribution in [3.8, 4) is 0 Å². The Kier molecular flexibility index (Phi) is 7.86. The smallest absolute Gasteiger partial charge is 0.319 e. The van der Waals surface area contributed by atoms with Crippen molar-refractivity contribution in [3.05, 3.63) is 35.9 Å². The van der Waals surface area contributed by atoms with Crippen LogP contribution in [0.25, 0.3) is 0 Å². The van der Waals surface area contributed by atoms with Gasteiger partial charge >= 0.3 is 5.97 Å². The summed E-state index contributed by atoms with van der Waals surface area (Å²) in [6.07, 6.45) is 2.59. The summed E-state index contributed by atoms with van der Waals surface area (Å²) in [5.74, 6) is -0.264. The van der Waals surface area contributed by atoms with Crippen LogP contribution in [0, 0.1) is 0 Å². The maximum atomic E-state index is 11.4. The Hall–Kier alpha value is -1.39. The molecule has 106 valence electrons. The number of benzene rings is 1. The number of unbranched alkanes of at least 4 members (excludes halogenated alkanes) is 1. The zero-order chi connectivity index (χ0) is 13.9. The van der Waals surface area contributed by atoms with Crippen LogP contribution in [0.15, 0.2) is 30.3 Å². The molecular weight excluding hydrogens is 242 g/mol. The van der Waals surface area contributed by atoms with Gasteiger partial charge < -0.3 is 15.2 Å². The third-order valence-electron chi connectivity index (χ3n) is 2.84. The van der Waals surface area contributed by atoms with E-state index in [1.54, 1.807) is 0 Å². The number of ether oxygens (including phenoxy) is 1. The van der Waals surface area contributed by atoms with E-state index in [0.717, 1.165) is 18.4 Å². The quantitative estimate of drug-likeness (QED) is 0.525. The van der Waals surface area contributed by atoms with E-state index in [0.29, 0.717) is 13.0 Å². The topological polar surface area (TPSA) is 58.6 Å². The fourth-order valence-electron chi connectivity index (χ4n) is 1.71. The molecule has 4 heteroatoms. The number of nitrogens with one attached hydrogen (secondary N) is 1. The second-order valence-electron chi connectivity index (χ2n) is 4.52. The third-order valence-corrected chi connectivity index (χ3v) is 2.84. The minimum absolute atomic E-state index is 0.00284. The molecule has 0 aliphatic carbocycles. The average molecular weight is 265 g/mol. The molecule has 1 unspecified atom stereocenters. The van der Waals surface area contributed by atoms with Crippen molar-refractivity contribution in [2.45, 2.75) is 32.2 Å². The van der Waals surface area contributed by atoms with Crippen molar-refractivity contribution < 1.29 is 14.6 Å². The van der Waals surface area contributed by atoms with Crippen molar-refractivity contribution in [3.63, 3.8) is 0 Å². The molecule has 0 saturated carbocycles. The number of hydrogen-bond acceptors (Lipinski definition) is 4. The Morgan fingerprint density at radius 1 is 1.37 bits per heavy atom. The SMILES string of the molecule is CCCCOC(=O)CNC(CO)Cc1ccccc1. The third kappa shape index (κ3) is 6.94. The number of rotatable bonds is 9. The molecule has 1 atom stereocenters. The van der Waals surface area contributed by atoms with Gasteiger partial charge in [-0.25, -0.2) is 0 Å². The molecule has 1 rings (SSSR count). The van der Waals surface area contributed by atoms with E-state index in [2.05, 4.69) is 5.32 Å². The predicted molar refractivity (Wildman–Crippen MR) is 74.9 cm³/mol. The van der Waals surface area contributed by atoms with Crippen molar-refractivity contribution in [1.82, 2.24) is 5.32 Å². The van der Waals surface area contributed by atoms with Gasteiger partial charge in [0.15, 0.2) is 0 Å². The Morgan fingerprint density at radius 3 is 2.74 bits per heavy atom. The van der Waals surface area contributed by atoms with E-state index in [1.165, 1.54) is 0 Å². The van der Waals surface area contributed by atoms with Gasteiger partial charge in [0, 0.05) is 6.04 Å². The van der Waals surface area contributed by atoms with Gasteiger partial charge in [0.05, 0.1) is 19.8 Å². The molecule has 0 spiro atoms. The maximum absolute atomic E-state index is 11.4. The van der Waals surface area contributed by atoms with Crippen LogP contribution in [0.4, 0.5) is 0 Å². The van der Waals surface area contributed by atoms with E-state index < -0.39 is 0 Å². The summed E-state index contributed by atoms with van der Waals surface area (Å²) in [7, 11) is 0. The predicted octanol–water partition coefficient (Wildman–Crippen LogP) is 1.52. The van der Waals surface area contributed by atoms with Gasteiger partial charge in [-0.3, -0.25) is 4.79 Å². The fourth-order valence-corrected chi connectivity index (χ4v) is 1.71. The molecule has 0 amide bonds. The van der Waals surface area contributed by atoms with Crippen LogP contribution >= 0.6 is 0 Å². The summed E-state index contributed by atoms with van der Waals surface area (Å²) in [6, 6.07) is 9.76. The normalized spacial score (nSPS) is 12.1. The van der Waals surface area contributed by atoms with Gasteiger partial charge in [-0.05, 0) is 18.4 Å². The van der Waals surface area contributed by atoms with Crippen molar-refractivity contribution in [2.24, 2.45) is 0 Å². The lowest BCUT2D eigenvalue weighted by atomic mass is 10.1. The van der Waals surface area contributed by atoms with Crippen LogP contribution in [-0.2, 0) is 16.0 Å². The molecule has 0 radical (unpaired) electrons. The molecule has 4 nitrogen and oxygen atoms in total. The summed E-state index contributed by atoms with van der Waals surface area (Å²) in [6.45, 7) is 2.66. The largest absolute Gasteiger partial charge is 0.465 e. The first-order valence-corrected chi connectivity index (χ1v) is 6.80. The Balaban J connectivity index is 2.27. The molecule has 2 N–H and O–H groups in total. The minimum Gasteiger partial charge on any atom is -0.465 e. The molecule has 19 heavy (non-hydrogen) atoms.